The molecule has 0 aliphatic carbocycles. The molecule has 0 saturated heterocycles. The van der Waals surface area contributed by atoms with Crippen molar-refractivity contribution in [1.29, 1.82) is 0 Å². The zero-order valence-corrected chi connectivity index (χ0v) is 13.8. The van der Waals surface area contributed by atoms with Crippen LogP contribution in [0.5, 0.6) is 0 Å². The standard InChI is InChI=1S/C15H25N5O2/c1-5-7-8-11-17-13-12(20(11)9-10(16)6-2)14(21)19(4)15(22)18(13)3/h10H,5-9,16H2,1-4H3. The van der Waals surface area contributed by atoms with Gasteiger partial charge in [0.1, 0.15) is 5.82 Å². The van der Waals surface area contributed by atoms with Gasteiger partial charge in [-0.3, -0.25) is 13.9 Å². The van der Waals surface area contributed by atoms with E-state index in [1.54, 1.807) is 7.05 Å². The fraction of sp³-hybridized carbons (Fsp3) is 0.667. The summed E-state index contributed by atoms with van der Waals surface area (Å²) in [6.45, 7) is 4.67. The third-order valence-electron chi connectivity index (χ3n) is 4.12. The molecular formula is C15H25N5O2. The highest BCUT2D eigenvalue weighted by Crippen LogP contribution is 2.14. The van der Waals surface area contributed by atoms with Crippen LogP contribution in [-0.4, -0.2) is 24.7 Å². The molecule has 1 atom stereocenters. The monoisotopic (exact) mass is 307 g/mol. The van der Waals surface area contributed by atoms with Crippen molar-refractivity contribution in [2.24, 2.45) is 19.8 Å². The zero-order chi connectivity index (χ0) is 16.4. The molecule has 2 N–H and O–H groups in total. The van der Waals surface area contributed by atoms with Crippen molar-refractivity contribution in [1.82, 2.24) is 18.7 Å². The molecule has 2 aromatic heterocycles. The summed E-state index contributed by atoms with van der Waals surface area (Å²) in [6.07, 6.45) is 3.62. The predicted octanol–water partition coefficient (Wildman–Crippen LogP) is 0.514. The molecule has 0 bridgehead atoms. The number of hydrogen-bond acceptors (Lipinski definition) is 4. The van der Waals surface area contributed by atoms with Crippen LogP contribution in [0.15, 0.2) is 9.59 Å². The number of rotatable bonds is 6. The van der Waals surface area contributed by atoms with Crippen LogP contribution in [-0.2, 0) is 27.1 Å². The zero-order valence-electron chi connectivity index (χ0n) is 13.8. The topological polar surface area (TPSA) is 87.8 Å². The van der Waals surface area contributed by atoms with Gasteiger partial charge in [0.25, 0.3) is 5.56 Å². The van der Waals surface area contributed by atoms with Crippen molar-refractivity contribution in [2.45, 2.75) is 52.1 Å². The van der Waals surface area contributed by atoms with Crippen molar-refractivity contribution >= 4 is 11.2 Å². The first-order chi connectivity index (χ1) is 10.4. The van der Waals surface area contributed by atoms with E-state index >= 15 is 0 Å². The molecule has 0 radical (unpaired) electrons. The smallest absolute Gasteiger partial charge is 0.326 e. The summed E-state index contributed by atoms with van der Waals surface area (Å²) >= 11 is 0. The van der Waals surface area contributed by atoms with Crippen LogP contribution in [0.2, 0.25) is 0 Å². The molecule has 7 heteroatoms. The highest BCUT2D eigenvalue weighted by molar-refractivity contribution is 5.71. The molecule has 0 amide bonds. The summed E-state index contributed by atoms with van der Waals surface area (Å²) in [6, 6.07) is -0.0419. The Labute approximate surface area is 129 Å². The maximum Gasteiger partial charge on any atom is 0.332 e. The van der Waals surface area contributed by atoms with Crippen molar-refractivity contribution < 1.29 is 0 Å². The minimum Gasteiger partial charge on any atom is -0.326 e. The molecule has 22 heavy (non-hydrogen) atoms. The minimum atomic E-state index is -0.357. The van der Waals surface area contributed by atoms with Crippen molar-refractivity contribution in [2.75, 3.05) is 0 Å². The summed E-state index contributed by atoms with van der Waals surface area (Å²) < 4.78 is 4.46. The summed E-state index contributed by atoms with van der Waals surface area (Å²) in [5.41, 5.74) is 6.34. The van der Waals surface area contributed by atoms with Gasteiger partial charge in [-0.05, 0) is 12.8 Å². The molecule has 2 heterocycles. The highest BCUT2D eigenvalue weighted by atomic mass is 16.2. The van der Waals surface area contributed by atoms with Crippen LogP contribution in [0.3, 0.4) is 0 Å². The SMILES string of the molecule is CCCCc1nc2c(c(=O)n(C)c(=O)n2C)n1CC(N)CC. The van der Waals surface area contributed by atoms with E-state index in [0.29, 0.717) is 17.7 Å². The Kier molecular flexibility index (Phi) is 4.85. The minimum absolute atomic E-state index is 0.0419. The molecular weight excluding hydrogens is 282 g/mol. The molecule has 7 nitrogen and oxygen atoms in total. The number of nitrogens with zero attached hydrogens (tertiary/aromatic N) is 4. The number of aromatic nitrogens is 4. The Morgan fingerprint density at radius 1 is 1.18 bits per heavy atom. The second-order valence-corrected chi connectivity index (χ2v) is 5.79. The third-order valence-corrected chi connectivity index (χ3v) is 4.12. The van der Waals surface area contributed by atoms with Crippen LogP contribution in [0.1, 0.15) is 38.9 Å². The predicted molar refractivity (Wildman–Crippen MR) is 87.1 cm³/mol. The van der Waals surface area contributed by atoms with Crippen LogP contribution >= 0.6 is 0 Å². The van der Waals surface area contributed by atoms with E-state index in [-0.39, 0.29) is 17.3 Å². The summed E-state index contributed by atoms with van der Waals surface area (Å²) in [5, 5.41) is 0. The number of unbranched alkanes of at least 4 members (excludes halogenated alkanes) is 1. The lowest BCUT2D eigenvalue weighted by Gasteiger charge is -2.13. The van der Waals surface area contributed by atoms with E-state index in [0.717, 1.165) is 36.1 Å². The summed E-state index contributed by atoms with van der Waals surface area (Å²) in [4.78, 5) is 29.2. The van der Waals surface area contributed by atoms with Gasteiger partial charge in [-0.15, -0.1) is 0 Å². The first-order valence-corrected chi connectivity index (χ1v) is 7.83. The van der Waals surface area contributed by atoms with Crippen LogP contribution < -0.4 is 17.0 Å². The Morgan fingerprint density at radius 2 is 1.86 bits per heavy atom. The molecule has 0 aromatic carbocycles. The first-order valence-electron chi connectivity index (χ1n) is 7.83. The maximum atomic E-state index is 12.5. The van der Waals surface area contributed by atoms with E-state index in [1.807, 2.05) is 11.5 Å². The molecule has 122 valence electrons. The lowest BCUT2D eigenvalue weighted by molar-refractivity contribution is 0.526. The Bertz CT molecular complexity index is 784. The van der Waals surface area contributed by atoms with Gasteiger partial charge in [0.05, 0.1) is 0 Å². The molecule has 0 aliphatic heterocycles. The average Bonchev–Trinajstić information content (AvgIpc) is 2.87. The molecule has 0 aliphatic rings. The summed E-state index contributed by atoms with van der Waals surface area (Å²) in [5.74, 6) is 0.832. The van der Waals surface area contributed by atoms with Crippen LogP contribution in [0.4, 0.5) is 0 Å². The molecule has 1 unspecified atom stereocenters. The van der Waals surface area contributed by atoms with Crippen molar-refractivity contribution in [3.05, 3.63) is 26.7 Å². The van der Waals surface area contributed by atoms with Gasteiger partial charge in [0, 0.05) is 33.1 Å². The number of imidazole rings is 1. The van der Waals surface area contributed by atoms with Gasteiger partial charge in [-0.25, -0.2) is 9.78 Å². The van der Waals surface area contributed by atoms with E-state index < -0.39 is 0 Å². The van der Waals surface area contributed by atoms with Gasteiger partial charge < -0.3 is 10.3 Å². The summed E-state index contributed by atoms with van der Waals surface area (Å²) in [7, 11) is 3.14. The van der Waals surface area contributed by atoms with Gasteiger partial charge in [0.15, 0.2) is 11.2 Å². The van der Waals surface area contributed by atoms with Gasteiger partial charge in [-0.1, -0.05) is 20.3 Å². The molecule has 0 spiro atoms. The lowest BCUT2D eigenvalue weighted by Crippen LogP contribution is -2.38. The second kappa shape index (κ2) is 6.48. The second-order valence-electron chi connectivity index (χ2n) is 5.79. The van der Waals surface area contributed by atoms with Crippen molar-refractivity contribution in [3.8, 4) is 0 Å². The van der Waals surface area contributed by atoms with Gasteiger partial charge in [-0.2, -0.15) is 0 Å². The number of aryl methyl sites for hydroxylation is 2. The van der Waals surface area contributed by atoms with Crippen molar-refractivity contribution in [3.63, 3.8) is 0 Å². The third kappa shape index (κ3) is 2.72. The first kappa shape index (κ1) is 16.5. The van der Waals surface area contributed by atoms with Gasteiger partial charge >= 0.3 is 5.69 Å². The van der Waals surface area contributed by atoms with Gasteiger partial charge in [0.2, 0.25) is 0 Å². The Morgan fingerprint density at radius 3 is 2.45 bits per heavy atom. The highest BCUT2D eigenvalue weighted by Gasteiger charge is 2.19. The van der Waals surface area contributed by atoms with E-state index in [4.69, 9.17) is 5.73 Å². The number of fused-ring (bicyclic) bond motifs is 1. The average molecular weight is 307 g/mol. The van der Waals surface area contributed by atoms with Crippen LogP contribution in [0, 0.1) is 0 Å². The number of nitrogens with two attached hydrogens (primary N) is 1. The molecule has 2 rings (SSSR count). The van der Waals surface area contributed by atoms with E-state index in [1.165, 1.54) is 11.6 Å². The fourth-order valence-electron chi connectivity index (χ4n) is 2.58. The van der Waals surface area contributed by atoms with E-state index in [9.17, 15) is 9.59 Å². The molecule has 2 aromatic rings. The lowest BCUT2D eigenvalue weighted by atomic mass is 10.2. The quantitative estimate of drug-likeness (QED) is 0.842. The maximum absolute atomic E-state index is 12.5. The number of hydrogen-bond donors (Lipinski definition) is 1. The van der Waals surface area contributed by atoms with Crippen LogP contribution in [0.25, 0.3) is 11.2 Å². The van der Waals surface area contributed by atoms with E-state index in [2.05, 4.69) is 11.9 Å². The fourth-order valence-corrected chi connectivity index (χ4v) is 2.58. The normalized spacial score (nSPS) is 13.0. The Balaban J connectivity index is 2.75. The molecule has 0 saturated carbocycles. The molecule has 0 fully saturated rings. The largest absolute Gasteiger partial charge is 0.332 e. The Hall–Kier alpha value is -1.89.